The number of halogens is 2. The molecule has 1 aromatic heterocycles. The van der Waals surface area contributed by atoms with Gasteiger partial charge in [0.05, 0.1) is 17.0 Å². The maximum atomic E-state index is 13.0. The van der Waals surface area contributed by atoms with Crippen LogP contribution in [0.1, 0.15) is 6.92 Å². The lowest BCUT2D eigenvalue weighted by atomic mass is 9.89. The number of benzene rings is 1. The van der Waals surface area contributed by atoms with Crippen LogP contribution in [0.25, 0.3) is 11.0 Å². The Labute approximate surface area is 135 Å². The molecular formula is C16H13F2N3O3. The maximum Gasteiger partial charge on any atom is 0.586 e. The van der Waals surface area contributed by atoms with E-state index in [2.05, 4.69) is 24.8 Å². The van der Waals surface area contributed by atoms with Crippen molar-refractivity contribution in [2.75, 3.05) is 5.32 Å². The number of carbonyl (C=O) groups excluding carboxylic acids is 1. The largest absolute Gasteiger partial charge is 0.586 e. The van der Waals surface area contributed by atoms with Gasteiger partial charge in [-0.15, -0.1) is 8.78 Å². The number of hydrogen-bond acceptors (Lipinski definition) is 4. The lowest BCUT2D eigenvalue weighted by molar-refractivity contribution is -0.286. The van der Waals surface area contributed by atoms with Crippen molar-refractivity contribution in [3.63, 3.8) is 0 Å². The highest BCUT2D eigenvalue weighted by molar-refractivity contribution is 5.94. The van der Waals surface area contributed by atoms with Gasteiger partial charge in [-0.05, 0) is 5.92 Å². The molecule has 0 spiro atoms. The number of ether oxygens (including phenoxy) is 2. The maximum absolute atomic E-state index is 13.0. The van der Waals surface area contributed by atoms with Gasteiger partial charge in [-0.2, -0.15) is 0 Å². The van der Waals surface area contributed by atoms with E-state index in [1.165, 1.54) is 12.1 Å². The van der Waals surface area contributed by atoms with E-state index in [-0.39, 0.29) is 35.2 Å². The zero-order valence-corrected chi connectivity index (χ0v) is 12.5. The van der Waals surface area contributed by atoms with Gasteiger partial charge in [0.25, 0.3) is 0 Å². The number of imidazole rings is 1. The Hall–Kier alpha value is -2.90. The van der Waals surface area contributed by atoms with E-state index in [1.54, 1.807) is 0 Å². The SMILES string of the molecule is CC1C=CC=CC1C(=O)Nc1nc2cc3c(cc2[nH]1)OC(F)(F)O3. The van der Waals surface area contributed by atoms with Crippen LogP contribution in [0.4, 0.5) is 14.7 Å². The van der Waals surface area contributed by atoms with Crippen molar-refractivity contribution in [2.24, 2.45) is 11.8 Å². The summed E-state index contributed by atoms with van der Waals surface area (Å²) in [6.45, 7) is 1.95. The van der Waals surface area contributed by atoms with Crippen molar-refractivity contribution in [2.45, 2.75) is 13.2 Å². The second-order valence-corrected chi connectivity index (χ2v) is 5.71. The number of rotatable bonds is 2. The summed E-state index contributed by atoms with van der Waals surface area (Å²) in [6.07, 6.45) is 3.81. The first-order valence-corrected chi connectivity index (χ1v) is 7.37. The number of alkyl halides is 2. The highest BCUT2D eigenvalue weighted by Gasteiger charge is 2.43. The van der Waals surface area contributed by atoms with Crippen molar-refractivity contribution >= 4 is 22.9 Å². The fourth-order valence-electron chi connectivity index (χ4n) is 2.76. The number of nitrogens with zero attached hydrogens (tertiary/aromatic N) is 1. The van der Waals surface area contributed by atoms with E-state index < -0.39 is 6.29 Å². The van der Waals surface area contributed by atoms with Gasteiger partial charge in [0.1, 0.15) is 0 Å². The molecule has 2 unspecified atom stereocenters. The predicted molar refractivity (Wildman–Crippen MR) is 81.9 cm³/mol. The van der Waals surface area contributed by atoms with Gasteiger partial charge in [0.15, 0.2) is 11.5 Å². The van der Waals surface area contributed by atoms with Crippen LogP contribution in [0.15, 0.2) is 36.4 Å². The molecule has 2 aromatic rings. The number of carbonyl (C=O) groups is 1. The Balaban J connectivity index is 1.57. The molecule has 6 nitrogen and oxygen atoms in total. The number of H-pyrrole nitrogens is 1. The summed E-state index contributed by atoms with van der Waals surface area (Å²) < 4.78 is 34.9. The van der Waals surface area contributed by atoms with Gasteiger partial charge < -0.3 is 14.5 Å². The Morgan fingerprint density at radius 3 is 2.71 bits per heavy atom. The Morgan fingerprint density at radius 1 is 1.25 bits per heavy atom. The number of allylic oxidation sites excluding steroid dienone is 3. The third-order valence-corrected chi connectivity index (χ3v) is 3.96. The molecule has 2 heterocycles. The average Bonchev–Trinajstić information content (AvgIpc) is 3.01. The van der Waals surface area contributed by atoms with Crippen molar-refractivity contribution in [1.29, 1.82) is 0 Å². The highest BCUT2D eigenvalue weighted by Crippen LogP contribution is 2.42. The number of anilines is 1. The molecule has 1 aliphatic heterocycles. The standard InChI is InChI=1S/C16H13F2N3O3/c1-8-4-2-3-5-9(8)14(22)21-15-19-10-6-12-13(7-11(10)20-15)24-16(17,18)23-12/h2-9H,1H3,(H2,19,20,21,22). The molecule has 2 atom stereocenters. The van der Waals surface area contributed by atoms with Gasteiger partial charge >= 0.3 is 6.29 Å². The summed E-state index contributed by atoms with van der Waals surface area (Å²) in [4.78, 5) is 19.4. The molecule has 1 aromatic carbocycles. The lowest BCUT2D eigenvalue weighted by Gasteiger charge is -2.18. The van der Waals surface area contributed by atoms with E-state index in [0.717, 1.165) is 0 Å². The summed E-state index contributed by atoms with van der Waals surface area (Å²) in [7, 11) is 0. The first-order chi connectivity index (χ1) is 11.4. The molecule has 0 bridgehead atoms. The topological polar surface area (TPSA) is 76.2 Å². The van der Waals surface area contributed by atoms with Crippen LogP contribution in [0.5, 0.6) is 11.5 Å². The average molecular weight is 333 g/mol. The van der Waals surface area contributed by atoms with Crippen LogP contribution < -0.4 is 14.8 Å². The number of fused-ring (bicyclic) bond motifs is 2. The summed E-state index contributed by atoms with van der Waals surface area (Å²) in [6, 6.07) is 2.70. The summed E-state index contributed by atoms with van der Waals surface area (Å²) in [5.74, 6) is -0.353. The first kappa shape index (κ1) is 14.7. The third-order valence-electron chi connectivity index (χ3n) is 3.96. The first-order valence-electron chi connectivity index (χ1n) is 7.37. The van der Waals surface area contributed by atoms with Crippen LogP contribution in [-0.4, -0.2) is 22.2 Å². The fraction of sp³-hybridized carbons (Fsp3) is 0.250. The lowest BCUT2D eigenvalue weighted by Crippen LogP contribution is -2.27. The van der Waals surface area contributed by atoms with Gasteiger partial charge in [0, 0.05) is 12.1 Å². The molecule has 0 radical (unpaired) electrons. The van der Waals surface area contributed by atoms with Crippen molar-refractivity contribution in [1.82, 2.24) is 9.97 Å². The van der Waals surface area contributed by atoms with Crippen molar-refractivity contribution in [3.8, 4) is 11.5 Å². The van der Waals surface area contributed by atoms with Crippen LogP contribution in [-0.2, 0) is 4.79 Å². The molecule has 0 fully saturated rings. The third kappa shape index (κ3) is 2.49. The zero-order valence-electron chi connectivity index (χ0n) is 12.5. The summed E-state index contributed by atoms with van der Waals surface area (Å²) in [5.41, 5.74) is 0.843. The highest BCUT2D eigenvalue weighted by atomic mass is 19.3. The van der Waals surface area contributed by atoms with E-state index in [9.17, 15) is 13.6 Å². The number of nitrogens with one attached hydrogen (secondary N) is 2. The minimum atomic E-state index is -3.67. The minimum Gasteiger partial charge on any atom is -0.395 e. The molecule has 8 heteroatoms. The van der Waals surface area contributed by atoms with Crippen LogP contribution >= 0.6 is 0 Å². The number of hydrogen-bond donors (Lipinski definition) is 2. The molecule has 24 heavy (non-hydrogen) atoms. The van der Waals surface area contributed by atoms with Crippen molar-refractivity contribution in [3.05, 3.63) is 36.4 Å². The normalized spacial score (nSPS) is 23.6. The Kier molecular flexibility index (Phi) is 3.09. The Morgan fingerprint density at radius 2 is 1.96 bits per heavy atom. The Bertz CT molecular complexity index is 843. The monoisotopic (exact) mass is 333 g/mol. The van der Waals surface area contributed by atoms with E-state index in [0.29, 0.717) is 11.0 Å². The second-order valence-electron chi connectivity index (χ2n) is 5.71. The molecule has 0 saturated carbocycles. The van der Waals surface area contributed by atoms with Crippen LogP contribution in [0, 0.1) is 11.8 Å². The van der Waals surface area contributed by atoms with E-state index in [4.69, 9.17) is 0 Å². The second kappa shape index (κ2) is 5.05. The molecule has 1 amide bonds. The number of amides is 1. The zero-order chi connectivity index (χ0) is 16.9. The minimum absolute atomic E-state index is 0.0761. The fourth-order valence-corrected chi connectivity index (χ4v) is 2.76. The van der Waals surface area contributed by atoms with E-state index in [1.807, 2.05) is 31.2 Å². The summed E-state index contributed by atoms with van der Waals surface area (Å²) in [5, 5.41) is 2.70. The summed E-state index contributed by atoms with van der Waals surface area (Å²) >= 11 is 0. The van der Waals surface area contributed by atoms with Crippen LogP contribution in [0.2, 0.25) is 0 Å². The predicted octanol–water partition coefficient (Wildman–Crippen LogP) is 3.20. The molecule has 2 aliphatic rings. The number of aromatic nitrogens is 2. The quantitative estimate of drug-likeness (QED) is 0.885. The van der Waals surface area contributed by atoms with Gasteiger partial charge in [-0.3, -0.25) is 10.1 Å². The number of aromatic amines is 1. The van der Waals surface area contributed by atoms with Crippen molar-refractivity contribution < 1.29 is 23.0 Å². The van der Waals surface area contributed by atoms with E-state index >= 15 is 0 Å². The molecule has 0 saturated heterocycles. The van der Waals surface area contributed by atoms with Gasteiger partial charge in [-0.25, -0.2) is 4.98 Å². The van der Waals surface area contributed by atoms with Gasteiger partial charge in [-0.1, -0.05) is 31.2 Å². The van der Waals surface area contributed by atoms with Crippen LogP contribution in [0.3, 0.4) is 0 Å². The molecular weight excluding hydrogens is 320 g/mol. The molecule has 1 aliphatic carbocycles. The molecule has 4 rings (SSSR count). The molecule has 2 N–H and O–H groups in total. The van der Waals surface area contributed by atoms with Gasteiger partial charge in [0.2, 0.25) is 11.9 Å². The molecule has 124 valence electrons. The smallest absolute Gasteiger partial charge is 0.395 e.